The highest BCUT2D eigenvalue weighted by Crippen LogP contribution is 2.24. The molecule has 0 amide bonds. The number of benzene rings is 1. The summed E-state index contributed by atoms with van der Waals surface area (Å²) in [4.78, 5) is 2.48. The maximum atomic E-state index is 9.34. The Balaban J connectivity index is 1.70. The first-order valence-corrected chi connectivity index (χ1v) is 8.67. The molecule has 0 bridgehead atoms. The van der Waals surface area contributed by atoms with E-state index in [1.54, 1.807) is 0 Å². The second-order valence-electron chi connectivity index (χ2n) is 6.66. The molecule has 1 aromatic carbocycles. The minimum atomic E-state index is 0.243. The van der Waals surface area contributed by atoms with Crippen LogP contribution in [-0.2, 0) is 4.74 Å². The average Bonchev–Trinajstić information content (AvgIpc) is 3.03. The van der Waals surface area contributed by atoms with Crippen LogP contribution in [0.1, 0.15) is 23.6 Å². The van der Waals surface area contributed by atoms with Crippen LogP contribution in [0.5, 0.6) is 0 Å². The van der Waals surface area contributed by atoms with E-state index in [1.165, 1.54) is 11.1 Å². The average molecular weight is 316 g/mol. The lowest BCUT2D eigenvalue weighted by atomic mass is 9.99. The van der Waals surface area contributed by atoms with Crippen molar-refractivity contribution in [3.05, 3.63) is 47.5 Å². The standard InChI is InChI=1S/C19H28N2O2/c1-15-4-2-3-5-18(15)19(13-21-8-10-23-11-9-21)20-17-7-6-16(12-17)14-22/h2-7,16-17,19-20,22H,8-14H2,1H3/t16-,17+,19+/m0/s1. The molecule has 126 valence electrons. The Bertz CT molecular complexity index is 526. The Morgan fingerprint density at radius 1 is 1.26 bits per heavy atom. The van der Waals surface area contributed by atoms with Crippen molar-refractivity contribution >= 4 is 0 Å². The maximum Gasteiger partial charge on any atom is 0.0594 e. The Morgan fingerprint density at radius 3 is 2.74 bits per heavy atom. The third-order valence-electron chi connectivity index (χ3n) is 4.93. The van der Waals surface area contributed by atoms with Crippen LogP contribution in [0.25, 0.3) is 0 Å². The van der Waals surface area contributed by atoms with E-state index >= 15 is 0 Å². The number of nitrogens with zero attached hydrogens (tertiary/aromatic N) is 1. The Kier molecular flexibility index (Phi) is 5.84. The smallest absolute Gasteiger partial charge is 0.0594 e. The molecule has 1 saturated heterocycles. The zero-order valence-electron chi connectivity index (χ0n) is 13.9. The van der Waals surface area contributed by atoms with Crippen LogP contribution in [-0.4, -0.2) is 55.5 Å². The largest absolute Gasteiger partial charge is 0.396 e. The summed E-state index contributed by atoms with van der Waals surface area (Å²) in [6.45, 7) is 7.10. The van der Waals surface area contributed by atoms with Crippen molar-refractivity contribution < 1.29 is 9.84 Å². The monoisotopic (exact) mass is 316 g/mol. The molecule has 1 aliphatic carbocycles. The summed E-state index contributed by atoms with van der Waals surface area (Å²) < 4.78 is 5.47. The Hall–Kier alpha value is -1.20. The first-order chi connectivity index (χ1) is 11.3. The molecule has 23 heavy (non-hydrogen) atoms. The van der Waals surface area contributed by atoms with E-state index in [1.807, 2.05) is 0 Å². The predicted molar refractivity (Wildman–Crippen MR) is 92.4 cm³/mol. The number of hydrogen-bond acceptors (Lipinski definition) is 4. The molecule has 4 nitrogen and oxygen atoms in total. The summed E-state index contributed by atoms with van der Waals surface area (Å²) in [6.07, 6.45) is 5.34. The minimum absolute atomic E-state index is 0.243. The molecule has 2 N–H and O–H groups in total. The van der Waals surface area contributed by atoms with Crippen molar-refractivity contribution in [1.29, 1.82) is 0 Å². The van der Waals surface area contributed by atoms with Gasteiger partial charge in [-0.05, 0) is 24.5 Å². The zero-order chi connectivity index (χ0) is 16.1. The zero-order valence-corrected chi connectivity index (χ0v) is 13.9. The van der Waals surface area contributed by atoms with Crippen molar-refractivity contribution in [3.8, 4) is 0 Å². The fourth-order valence-electron chi connectivity index (χ4n) is 3.55. The van der Waals surface area contributed by atoms with Crippen LogP contribution in [0.2, 0.25) is 0 Å². The van der Waals surface area contributed by atoms with Crippen LogP contribution in [0.15, 0.2) is 36.4 Å². The second kappa shape index (κ2) is 8.06. The number of morpholine rings is 1. The lowest BCUT2D eigenvalue weighted by Gasteiger charge is -2.33. The van der Waals surface area contributed by atoms with Gasteiger partial charge in [-0.15, -0.1) is 0 Å². The Morgan fingerprint density at radius 2 is 2.04 bits per heavy atom. The van der Waals surface area contributed by atoms with Crippen LogP contribution in [0.3, 0.4) is 0 Å². The number of aliphatic hydroxyl groups is 1. The van der Waals surface area contributed by atoms with E-state index in [0.29, 0.717) is 18.0 Å². The number of hydrogen-bond donors (Lipinski definition) is 2. The fourth-order valence-corrected chi connectivity index (χ4v) is 3.55. The van der Waals surface area contributed by atoms with Gasteiger partial charge in [0, 0.05) is 44.2 Å². The quantitative estimate of drug-likeness (QED) is 0.787. The van der Waals surface area contributed by atoms with Crippen molar-refractivity contribution in [1.82, 2.24) is 10.2 Å². The third kappa shape index (κ3) is 4.42. The molecule has 4 heteroatoms. The normalized spacial score (nSPS) is 26.5. The van der Waals surface area contributed by atoms with Crippen LogP contribution in [0, 0.1) is 12.8 Å². The summed E-state index contributed by atoms with van der Waals surface area (Å²) in [5, 5.41) is 13.1. The van der Waals surface area contributed by atoms with Gasteiger partial charge in [-0.1, -0.05) is 36.4 Å². The number of aliphatic hydroxyl groups excluding tert-OH is 1. The number of rotatable bonds is 6. The van der Waals surface area contributed by atoms with E-state index in [-0.39, 0.29) is 6.61 Å². The van der Waals surface area contributed by atoms with E-state index < -0.39 is 0 Å². The molecule has 1 fully saturated rings. The highest BCUT2D eigenvalue weighted by molar-refractivity contribution is 5.29. The molecule has 0 radical (unpaired) electrons. The van der Waals surface area contributed by atoms with Crippen molar-refractivity contribution in [2.45, 2.75) is 25.4 Å². The molecular weight excluding hydrogens is 288 g/mol. The highest BCUT2D eigenvalue weighted by atomic mass is 16.5. The SMILES string of the molecule is Cc1ccccc1[C@@H](CN1CCOCC1)N[C@@H]1C=C[C@H](CO)C1. The minimum Gasteiger partial charge on any atom is -0.396 e. The molecular formula is C19H28N2O2. The van der Waals surface area contributed by atoms with Gasteiger partial charge >= 0.3 is 0 Å². The van der Waals surface area contributed by atoms with Gasteiger partial charge in [0.1, 0.15) is 0 Å². The summed E-state index contributed by atoms with van der Waals surface area (Å²) in [6, 6.07) is 9.29. The molecule has 3 atom stereocenters. The van der Waals surface area contributed by atoms with Gasteiger partial charge in [0.15, 0.2) is 0 Å². The highest BCUT2D eigenvalue weighted by Gasteiger charge is 2.24. The van der Waals surface area contributed by atoms with E-state index in [4.69, 9.17) is 4.74 Å². The van der Waals surface area contributed by atoms with Gasteiger partial charge in [-0.3, -0.25) is 4.90 Å². The summed E-state index contributed by atoms with van der Waals surface area (Å²) in [5.74, 6) is 0.299. The molecule has 0 spiro atoms. The third-order valence-corrected chi connectivity index (χ3v) is 4.93. The lowest BCUT2D eigenvalue weighted by Crippen LogP contribution is -2.44. The van der Waals surface area contributed by atoms with Gasteiger partial charge in [0.25, 0.3) is 0 Å². The van der Waals surface area contributed by atoms with Crippen molar-refractivity contribution in [2.75, 3.05) is 39.5 Å². The first kappa shape index (κ1) is 16.7. The van der Waals surface area contributed by atoms with Crippen LogP contribution >= 0.6 is 0 Å². The molecule has 1 aromatic rings. The summed E-state index contributed by atoms with van der Waals surface area (Å²) in [7, 11) is 0. The summed E-state index contributed by atoms with van der Waals surface area (Å²) in [5.41, 5.74) is 2.71. The van der Waals surface area contributed by atoms with Gasteiger partial charge in [-0.25, -0.2) is 0 Å². The molecule has 1 aliphatic heterocycles. The van der Waals surface area contributed by atoms with Crippen LogP contribution < -0.4 is 5.32 Å². The van der Waals surface area contributed by atoms with Gasteiger partial charge in [0.2, 0.25) is 0 Å². The lowest BCUT2D eigenvalue weighted by molar-refractivity contribution is 0.0329. The van der Waals surface area contributed by atoms with E-state index in [2.05, 4.69) is 53.6 Å². The topological polar surface area (TPSA) is 44.7 Å². The van der Waals surface area contributed by atoms with E-state index in [9.17, 15) is 5.11 Å². The second-order valence-corrected chi connectivity index (χ2v) is 6.66. The predicted octanol–water partition coefficient (Wildman–Crippen LogP) is 1.89. The summed E-state index contributed by atoms with van der Waals surface area (Å²) >= 11 is 0. The van der Waals surface area contributed by atoms with Crippen molar-refractivity contribution in [3.63, 3.8) is 0 Å². The number of aryl methyl sites for hydroxylation is 1. The molecule has 0 saturated carbocycles. The molecule has 3 rings (SSSR count). The first-order valence-electron chi connectivity index (χ1n) is 8.67. The van der Waals surface area contributed by atoms with Crippen molar-refractivity contribution in [2.24, 2.45) is 5.92 Å². The van der Waals surface area contributed by atoms with Crippen LogP contribution in [0.4, 0.5) is 0 Å². The molecule has 0 unspecified atom stereocenters. The fraction of sp³-hybridized carbons (Fsp3) is 0.579. The molecule has 2 aliphatic rings. The molecule has 1 heterocycles. The van der Waals surface area contributed by atoms with Gasteiger partial charge in [0.05, 0.1) is 13.2 Å². The number of ether oxygens (including phenoxy) is 1. The Labute approximate surface area is 139 Å². The van der Waals surface area contributed by atoms with Gasteiger partial charge < -0.3 is 15.2 Å². The maximum absolute atomic E-state index is 9.34. The van der Waals surface area contributed by atoms with Gasteiger partial charge in [-0.2, -0.15) is 0 Å². The van der Waals surface area contributed by atoms with E-state index in [0.717, 1.165) is 39.3 Å². The number of nitrogens with one attached hydrogen (secondary N) is 1. The molecule has 0 aromatic heterocycles.